The van der Waals surface area contributed by atoms with Crippen molar-refractivity contribution in [3.8, 4) is 10.6 Å². The molecule has 0 radical (unpaired) electrons. The smallest absolute Gasteiger partial charge is 0.124 e. The monoisotopic (exact) mass is 342 g/mol. The third kappa shape index (κ3) is 3.47. The first-order valence-electron chi connectivity index (χ1n) is 8.19. The van der Waals surface area contributed by atoms with Gasteiger partial charge in [0, 0.05) is 11.3 Å². The summed E-state index contributed by atoms with van der Waals surface area (Å²) in [6, 6.07) is 22.8. The maximum absolute atomic E-state index is 5.81. The molecule has 3 heteroatoms. The highest BCUT2D eigenvalue weighted by molar-refractivity contribution is 7.21. The summed E-state index contributed by atoms with van der Waals surface area (Å²) in [7, 11) is 0. The van der Waals surface area contributed by atoms with Gasteiger partial charge in [0.1, 0.15) is 5.01 Å². The zero-order valence-corrected chi connectivity index (χ0v) is 14.8. The maximum atomic E-state index is 5.81. The number of anilines is 1. The van der Waals surface area contributed by atoms with Gasteiger partial charge < -0.3 is 5.73 Å². The third-order valence-electron chi connectivity index (χ3n) is 4.08. The summed E-state index contributed by atoms with van der Waals surface area (Å²) in [6.45, 7) is 2.11. The van der Waals surface area contributed by atoms with E-state index in [0.29, 0.717) is 0 Å². The predicted octanol–water partition coefficient (Wildman–Crippen LogP) is 6.02. The van der Waals surface area contributed by atoms with Gasteiger partial charge in [-0.3, -0.25) is 0 Å². The molecule has 2 N–H and O–H groups in total. The van der Waals surface area contributed by atoms with Gasteiger partial charge in [0.05, 0.1) is 10.2 Å². The van der Waals surface area contributed by atoms with Crippen LogP contribution in [-0.4, -0.2) is 4.98 Å². The van der Waals surface area contributed by atoms with Crippen molar-refractivity contribution in [2.24, 2.45) is 0 Å². The zero-order valence-electron chi connectivity index (χ0n) is 13.9. The summed E-state index contributed by atoms with van der Waals surface area (Å²) < 4.78 is 1.24. The Balaban J connectivity index is 1.58. The standard InChI is InChI=1S/C22H18N2S/c1-15-5-12-20-21(13-15)25-22(24-20)18-10-8-16(9-11-18)6-7-17-3-2-4-19(23)14-17/h2-14H,23H2,1H3/b7-6+. The van der Waals surface area contributed by atoms with Crippen molar-refractivity contribution in [1.29, 1.82) is 0 Å². The van der Waals surface area contributed by atoms with Crippen molar-refractivity contribution in [1.82, 2.24) is 4.98 Å². The number of nitrogens with two attached hydrogens (primary N) is 1. The van der Waals surface area contributed by atoms with E-state index in [1.165, 1.54) is 10.3 Å². The highest BCUT2D eigenvalue weighted by Crippen LogP contribution is 2.31. The molecule has 4 rings (SSSR count). The molecule has 0 aliphatic heterocycles. The van der Waals surface area contributed by atoms with Crippen molar-refractivity contribution in [2.75, 3.05) is 5.73 Å². The Labute approximate surface area is 151 Å². The van der Waals surface area contributed by atoms with Crippen LogP contribution in [-0.2, 0) is 0 Å². The summed E-state index contributed by atoms with van der Waals surface area (Å²) in [5.74, 6) is 0. The Morgan fingerprint density at radius 3 is 2.48 bits per heavy atom. The Morgan fingerprint density at radius 2 is 1.68 bits per heavy atom. The van der Waals surface area contributed by atoms with Crippen LogP contribution in [0, 0.1) is 6.92 Å². The lowest BCUT2D eigenvalue weighted by Gasteiger charge is -1.99. The van der Waals surface area contributed by atoms with Crippen molar-refractivity contribution in [3.05, 3.63) is 83.4 Å². The van der Waals surface area contributed by atoms with E-state index < -0.39 is 0 Å². The van der Waals surface area contributed by atoms with E-state index in [2.05, 4.69) is 61.5 Å². The summed E-state index contributed by atoms with van der Waals surface area (Å²) >= 11 is 1.74. The number of aryl methyl sites for hydroxylation is 1. The predicted molar refractivity (Wildman–Crippen MR) is 110 cm³/mol. The van der Waals surface area contributed by atoms with Gasteiger partial charge in [-0.2, -0.15) is 0 Å². The summed E-state index contributed by atoms with van der Waals surface area (Å²) in [4.78, 5) is 4.74. The molecule has 0 aliphatic carbocycles. The van der Waals surface area contributed by atoms with Crippen molar-refractivity contribution in [3.63, 3.8) is 0 Å². The first kappa shape index (κ1) is 15.6. The van der Waals surface area contributed by atoms with Gasteiger partial charge in [-0.25, -0.2) is 4.98 Å². The van der Waals surface area contributed by atoms with E-state index in [1.807, 2.05) is 24.3 Å². The lowest BCUT2D eigenvalue weighted by Crippen LogP contribution is -1.83. The molecule has 4 aromatic rings. The minimum Gasteiger partial charge on any atom is -0.399 e. The third-order valence-corrected chi connectivity index (χ3v) is 5.15. The van der Waals surface area contributed by atoms with Crippen LogP contribution in [0.4, 0.5) is 5.69 Å². The molecular weight excluding hydrogens is 324 g/mol. The molecule has 122 valence electrons. The fourth-order valence-corrected chi connectivity index (χ4v) is 3.82. The molecule has 1 heterocycles. The lowest BCUT2D eigenvalue weighted by molar-refractivity contribution is 1.45. The van der Waals surface area contributed by atoms with E-state index in [9.17, 15) is 0 Å². The number of nitrogen functional groups attached to an aromatic ring is 1. The Hall–Kier alpha value is -2.91. The molecule has 0 spiro atoms. The lowest BCUT2D eigenvalue weighted by atomic mass is 10.1. The number of benzene rings is 3. The van der Waals surface area contributed by atoms with Gasteiger partial charge in [0.25, 0.3) is 0 Å². The molecule has 0 bridgehead atoms. The van der Waals surface area contributed by atoms with Crippen LogP contribution in [0.1, 0.15) is 16.7 Å². The van der Waals surface area contributed by atoms with Crippen molar-refractivity contribution >= 4 is 39.4 Å². The van der Waals surface area contributed by atoms with Gasteiger partial charge in [0.2, 0.25) is 0 Å². The van der Waals surface area contributed by atoms with Crippen LogP contribution in [0.25, 0.3) is 32.9 Å². The fraction of sp³-hybridized carbons (Fsp3) is 0.0455. The van der Waals surface area contributed by atoms with Gasteiger partial charge in [-0.15, -0.1) is 11.3 Å². The summed E-state index contributed by atoms with van der Waals surface area (Å²) in [6.07, 6.45) is 4.17. The molecule has 0 saturated carbocycles. The number of fused-ring (bicyclic) bond motifs is 1. The molecule has 1 aromatic heterocycles. The minimum atomic E-state index is 0.781. The molecule has 0 fully saturated rings. The van der Waals surface area contributed by atoms with Crippen molar-refractivity contribution in [2.45, 2.75) is 6.92 Å². The molecule has 0 unspecified atom stereocenters. The highest BCUT2D eigenvalue weighted by Gasteiger charge is 2.06. The molecule has 2 nitrogen and oxygen atoms in total. The van der Waals surface area contributed by atoms with Crippen LogP contribution >= 0.6 is 11.3 Å². The Bertz CT molecular complexity index is 1060. The quantitative estimate of drug-likeness (QED) is 0.365. The first-order valence-corrected chi connectivity index (χ1v) is 9.00. The summed E-state index contributed by atoms with van der Waals surface area (Å²) in [5, 5.41) is 1.06. The fourth-order valence-electron chi connectivity index (χ4n) is 2.75. The average molecular weight is 342 g/mol. The highest BCUT2D eigenvalue weighted by atomic mass is 32.1. The van der Waals surface area contributed by atoms with Crippen LogP contribution < -0.4 is 5.73 Å². The van der Waals surface area contributed by atoms with E-state index >= 15 is 0 Å². The largest absolute Gasteiger partial charge is 0.399 e. The Morgan fingerprint density at radius 1 is 0.880 bits per heavy atom. The molecule has 0 saturated heterocycles. The number of aromatic nitrogens is 1. The second-order valence-electron chi connectivity index (χ2n) is 6.12. The van der Waals surface area contributed by atoms with E-state index in [-0.39, 0.29) is 0 Å². The normalized spacial score (nSPS) is 11.4. The average Bonchev–Trinajstić information content (AvgIpc) is 3.03. The molecule has 0 atom stereocenters. The number of nitrogens with zero attached hydrogens (tertiary/aromatic N) is 1. The molecular formula is C22H18N2S. The van der Waals surface area contributed by atoms with Gasteiger partial charge >= 0.3 is 0 Å². The maximum Gasteiger partial charge on any atom is 0.124 e. The SMILES string of the molecule is Cc1ccc2nc(-c3ccc(/C=C/c4cccc(N)c4)cc3)sc2c1. The van der Waals surface area contributed by atoms with Gasteiger partial charge in [-0.05, 0) is 47.9 Å². The van der Waals surface area contributed by atoms with Crippen LogP contribution in [0.15, 0.2) is 66.7 Å². The number of hydrogen-bond donors (Lipinski definition) is 1. The van der Waals surface area contributed by atoms with Crippen LogP contribution in [0.3, 0.4) is 0 Å². The van der Waals surface area contributed by atoms with Crippen LogP contribution in [0.5, 0.6) is 0 Å². The molecule has 0 amide bonds. The summed E-state index contributed by atoms with van der Waals surface area (Å²) in [5.41, 5.74) is 12.3. The van der Waals surface area contributed by atoms with E-state index in [0.717, 1.165) is 32.9 Å². The van der Waals surface area contributed by atoms with Gasteiger partial charge in [0.15, 0.2) is 0 Å². The Kier molecular flexibility index (Phi) is 4.08. The number of thiazole rings is 1. The van der Waals surface area contributed by atoms with E-state index in [4.69, 9.17) is 10.7 Å². The van der Waals surface area contributed by atoms with Crippen molar-refractivity contribution < 1.29 is 0 Å². The second kappa shape index (κ2) is 6.54. The second-order valence-corrected chi connectivity index (χ2v) is 7.15. The zero-order chi connectivity index (χ0) is 17.2. The topological polar surface area (TPSA) is 38.9 Å². The molecule has 25 heavy (non-hydrogen) atoms. The molecule has 0 aliphatic rings. The first-order chi connectivity index (χ1) is 12.2. The number of hydrogen-bond acceptors (Lipinski definition) is 3. The van der Waals surface area contributed by atoms with Crippen LogP contribution in [0.2, 0.25) is 0 Å². The molecule has 3 aromatic carbocycles. The number of rotatable bonds is 3. The van der Waals surface area contributed by atoms with E-state index in [1.54, 1.807) is 11.3 Å². The van der Waals surface area contributed by atoms with Gasteiger partial charge in [-0.1, -0.05) is 54.6 Å². The minimum absolute atomic E-state index is 0.781.